The maximum Gasteiger partial charge on any atom is 0.269 e. The standard InChI is InChI=1S/C15H20N2O2/c1-11-9-15(6-2-3-7-15)16-10-12-8-13(17(18)19)4-5-14(11)12/h4-5,8,11,16H,2-3,6-7,9-10H2,1H3/t11-/m0/s1. The zero-order valence-corrected chi connectivity index (χ0v) is 11.3. The van der Waals surface area contributed by atoms with Crippen LogP contribution in [0.25, 0.3) is 0 Å². The number of nitrogens with zero attached hydrogens (tertiary/aromatic N) is 1. The van der Waals surface area contributed by atoms with Gasteiger partial charge in [-0.05, 0) is 36.3 Å². The quantitative estimate of drug-likeness (QED) is 0.621. The summed E-state index contributed by atoms with van der Waals surface area (Å²) in [6.07, 6.45) is 6.24. The Morgan fingerprint density at radius 2 is 2.11 bits per heavy atom. The molecule has 19 heavy (non-hydrogen) atoms. The van der Waals surface area contributed by atoms with E-state index in [-0.39, 0.29) is 16.1 Å². The summed E-state index contributed by atoms with van der Waals surface area (Å²) >= 11 is 0. The third kappa shape index (κ3) is 2.25. The third-order valence-corrected chi connectivity index (χ3v) is 4.78. The minimum absolute atomic E-state index is 0.204. The second-order valence-electron chi connectivity index (χ2n) is 6.09. The molecule has 0 bridgehead atoms. The Balaban J connectivity index is 1.94. The monoisotopic (exact) mass is 260 g/mol. The highest BCUT2D eigenvalue weighted by Crippen LogP contribution is 2.41. The molecule has 4 nitrogen and oxygen atoms in total. The smallest absolute Gasteiger partial charge is 0.269 e. The Kier molecular flexibility index (Phi) is 3.05. The summed E-state index contributed by atoms with van der Waals surface area (Å²) < 4.78 is 0. The zero-order chi connectivity index (χ0) is 13.5. The molecular formula is C15H20N2O2. The molecule has 1 aliphatic heterocycles. The number of fused-ring (bicyclic) bond motifs is 1. The van der Waals surface area contributed by atoms with Crippen molar-refractivity contribution in [2.75, 3.05) is 0 Å². The number of nitrogens with one attached hydrogen (secondary N) is 1. The first-order valence-electron chi connectivity index (χ1n) is 7.12. The van der Waals surface area contributed by atoms with Crippen LogP contribution in [-0.2, 0) is 6.54 Å². The van der Waals surface area contributed by atoms with Gasteiger partial charge in [0, 0.05) is 24.2 Å². The van der Waals surface area contributed by atoms with E-state index in [2.05, 4.69) is 12.2 Å². The molecular weight excluding hydrogens is 240 g/mol. The molecule has 3 rings (SSSR count). The lowest BCUT2D eigenvalue weighted by atomic mass is 9.84. The molecule has 2 aliphatic rings. The van der Waals surface area contributed by atoms with Gasteiger partial charge in [-0.15, -0.1) is 0 Å². The zero-order valence-electron chi connectivity index (χ0n) is 11.3. The van der Waals surface area contributed by atoms with Gasteiger partial charge in [-0.3, -0.25) is 10.1 Å². The van der Waals surface area contributed by atoms with Crippen molar-refractivity contribution in [2.45, 2.75) is 57.0 Å². The van der Waals surface area contributed by atoms with Crippen molar-refractivity contribution >= 4 is 5.69 Å². The lowest BCUT2D eigenvalue weighted by Gasteiger charge is -2.30. The molecule has 1 spiro atoms. The van der Waals surface area contributed by atoms with Crippen LogP contribution in [0.2, 0.25) is 0 Å². The predicted octanol–water partition coefficient (Wildman–Crippen LogP) is 3.50. The molecule has 102 valence electrons. The topological polar surface area (TPSA) is 55.2 Å². The fraction of sp³-hybridized carbons (Fsp3) is 0.600. The van der Waals surface area contributed by atoms with Crippen molar-refractivity contribution in [3.05, 3.63) is 39.4 Å². The fourth-order valence-electron chi connectivity index (χ4n) is 3.82. The minimum Gasteiger partial charge on any atom is -0.307 e. The molecule has 0 amide bonds. The van der Waals surface area contributed by atoms with Crippen LogP contribution in [0, 0.1) is 10.1 Å². The maximum atomic E-state index is 10.9. The van der Waals surface area contributed by atoms with Crippen LogP contribution >= 0.6 is 0 Å². The Labute approximate surface area is 113 Å². The first-order valence-corrected chi connectivity index (χ1v) is 7.12. The van der Waals surface area contributed by atoms with Gasteiger partial charge < -0.3 is 5.32 Å². The van der Waals surface area contributed by atoms with Gasteiger partial charge >= 0.3 is 0 Å². The van der Waals surface area contributed by atoms with Crippen molar-refractivity contribution in [3.8, 4) is 0 Å². The molecule has 1 N–H and O–H groups in total. The van der Waals surface area contributed by atoms with E-state index >= 15 is 0 Å². The fourth-order valence-corrected chi connectivity index (χ4v) is 3.82. The summed E-state index contributed by atoms with van der Waals surface area (Å²) in [6, 6.07) is 5.34. The van der Waals surface area contributed by atoms with Gasteiger partial charge in [0.1, 0.15) is 0 Å². The second kappa shape index (κ2) is 4.60. The molecule has 1 saturated carbocycles. The predicted molar refractivity (Wildman–Crippen MR) is 74.2 cm³/mol. The average Bonchev–Trinajstić information content (AvgIpc) is 2.79. The van der Waals surface area contributed by atoms with E-state index in [1.807, 2.05) is 6.07 Å². The minimum atomic E-state index is -0.304. The first-order chi connectivity index (χ1) is 9.10. The van der Waals surface area contributed by atoms with Crippen LogP contribution in [0.4, 0.5) is 5.69 Å². The van der Waals surface area contributed by atoms with Gasteiger partial charge in [0.15, 0.2) is 0 Å². The lowest BCUT2D eigenvalue weighted by Crippen LogP contribution is -2.41. The largest absolute Gasteiger partial charge is 0.307 e. The van der Waals surface area contributed by atoms with E-state index in [1.54, 1.807) is 12.1 Å². The number of non-ortho nitro benzene ring substituents is 1. The number of nitro benzene ring substituents is 1. The Bertz CT molecular complexity index is 507. The van der Waals surface area contributed by atoms with E-state index in [0.717, 1.165) is 18.5 Å². The van der Waals surface area contributed by atoms with Crippen LogP contribution in [0.15, 0.2) is 18.2 Å². The van der Waals surface area contributed by atoms with Crippen LogP contribution in [0.1, 0.15) is 56.1 Å². The molecule has 1 aromatic rings. The van der Waals surface area contributed by atoms with Crippen molar-refractivity contribution in [3.63, 3.8) is 0 Å². The normalized spacial score (nSPS) is 25.0. The van der Waals surface area contributed by atoms with Crippen molar-refractivity contribution < 1.29 is 4.92 Å². The Morgan fingerprint density at radius 3 is 2.79 bits per heavy atom. The van der Waals surface area contributed by atoms with Gasteiger partial charge in [-0.25, -0.2) is 0 Å². The van der Waals surface area contributed by atoms with Crippen molar-refractivity contribution in [1.82, 2.24) is 5.32 Å². The Morgan fingerprint density at radius 1 is 1.37 bits per heavy atom. The van der Waals surface area contributed by atoms with Gasteiger partial charge in [0.25, 0.3) is 5.69 Å². The molecule has 1 atom stereocenters. The summed E-state index contributed by atoms with van der Waals surface area (Å²) in [6.45, 7) is 3.01. The highest BCUT2D eigenvalue weighted by atomic mass is 16.6. The molecule has 1 aliphatic carbocycles. The van der Waals surface area contributed by atoms with E-state index in [0.29, 0.717) is 5.92 Å². The van der Waals surface area contributed by atoms with Crippen LogP contribution in [0.3, 0.4) is 0 Å². The summed E-state index contributed by atoms with van der Waals surface area (Å²) in [5.41, 5.74) is 2.86. The van der Waals surface area contributed by atoms with Gasteiger partial charge in [0.2, 0.25) is 0 Å². The van der Waals surface area contributed by atoms with Gasteiger partial charge in [0.05, 0.1) is 4.92 Å². The number of benzene rings is 1. The van der Waals surface area contributed by atoms with E-state index in [1.165, 1.54) is 31.2 Å². The molecule has 1 heterocycles. The summed E-state index contributed by atoms with van der Waals surface area (Å²) in [5, 5.41) is 14.6. The molecule has 0 aromatic heterocycles. The van der Waals surface area contributed by atoms with Gasteiger partial charge in [-0.2, -0.15) is 0 Å². The number of hydrogen-bond donors (Lipinski definition) is 1. The summed E-state index contributed by atoms with van der Waals surface area (Å²) in [7, 11) is 0. The SMILES string of the molecule is C[C@H]1CC2(CCCC2)NCc2cc([N+](=O)[O-])ccc21. The molecule has 0 unspecified atom stereocenters. The Hall–Kier alpha value is -1.42. The summed E-state index contributed by atoms with van der Waals surface area (Å²) in [5.74, 6) is 0.476. The van der Waals surface area contributed by atoms with Crippen LogP contribution in [0.5, 0.6) is 0 Å². The molecule has 1 fully saturated rings. The average molecular weight is 260 g/mol. The maximum absolute atomic E-state index is 10.9. The second-order valence-corrected chi connectivity index (χ2v) is 6.09. The number of rotatable bonds is 1. The van der Waals surface area contributed by atoms with Crippen LogP contribution < -0.4 is 5.32 Å². The highest BCUT2D eigenvalue weighted by molar-refractivity contribution is 5.42. The summed E-state index contributed by atoms with van der Waals surface area (Å²) in [4.78, 5) is 10.6. The highest BCUT2D eigenvalue weighted by Gasteiger charge is 2.37. The van der Waals surface area contributed by atoms with E-state index in [9.17, 15) is 10.1 Å². The van der Waals surface area contributed by atoms with Crippen molar-refractivity contribution in [1.29, 1.82) is 0 Å². The number of hydrogen-bond acceptors (Lipinski definition) is 3. The number of nitro groups is 1. The first kappa shape index (κ1) is 12.6. The van der Waals surface area contributed by atoms with E-state index < -0.39 is 0 Å². The third-order valence-electron chi connectivity index (χ3n) is 4.78. The molecule has 0 radical (unpaired) electrons. The lowest BCUT2D eigenvalue weighted by molar-refractivity contribution is -0.384. The molecule has 1 aromatic carbocycles. The van der Waals surface area contributed by atoms with Crippen LogP contribution in [-0.4, -0.2) is 10.5 Å². The molecule has 0 saturated heterocycles. The van der Waals surface area contributed by atoms with E-state index in [4.69, 9.17) is 0 Å². The van der Waals surface area contributed by atoms with Gasteiger partial charge in [-0.1, -0.05) is 25.8 Å². The molecule has 4 heteroatoms. The van der Waals surface area contributed by atoms with Crippen molar-refractivity contribution in [2.24, 2.45) is 0 Å².